The highest BCUT2D eigenvalue weighted by molar-refractivity contribution is 8.00. The van der Waals surface area contributed by atoms with Gasteiger partial charge < -0.3 is 5.32 Å². The summed E-state index contributed by atoms with van der Waals surface area (Å²) in [5, 5.41) is 7.96. The lowest BCUT2D eigenvalue weighted by molar-refractivity contribution is -0.115. The van der Waals surface area contributed by atoms with Crippen LogP contribution < -0.4 is 5.32 Å². The zero-order valence-electron chi connectivity index (χ0n) is 14.7. The molecule has 27 heavy (non-hydrogen) atoms. The molecule has 1 N–H and O–H groups in total. The summed E-state index contributed by atoms with van der Waals surface area (Å²) >= 11 is 1.25. The predicted octanol–water partition coefficient (Wildman–Crippen LogP) is 3.84. The van der Waals surface area contributed by atoms with Crippen molar-refractivity contribution < 1.29 is 9.18 Å². The topological polar surface area (TPSA) is 72.2 Å². The van der Waals surface area contributed by atoms with E-state index in [4.69, 9.17) is 0 Å². The molecule has 0 saturated carbocycles. The highest BCUT2D eigenvalue weighted by Gasteiger charge is 2.20. The molecule has 1 amide bonds. The summed E-state index contributed by atoms with van der Waals surface area (Å²) in [6, 6.07) is 13.7. The molecular formula is C19H16FN5OS. The number of thioether (sulfide) groups is 1. The number of anilines is 1. The van der Waals surface area contributed by atoms with Crippen LogP contribution in [0.2, 0.25) is 0 Å². The van der Waals surface area contributed by atoms with Crippen LogP contribution in [0.1, 0.15) is 12.7 Å². The molecule has 136 valence electrons. The third kappa shape index (κ3) is 3.35. The molecule has 1 unspecified atom stereocenters. The number of benzene rings is 2. The fourth-order valence-corrected chi connectivity index (χ4v) is 3.58. The molecule has 0 aliphatic heterocycles. The van der Waals surface area contributed by atoms with E-state index in [0.717, 1.165) is 10.9 Å². The first-order valence-electron chi connectivity index (χ1n) is 8.37. The third-order valence-electron chi connectivity index (χ3n) is 4.04. The van der Waals surface area contributed by atoms with Crippen molar-refractivity contribution in [3.8, 4) is 0 Å². The Hall–Kier alpha value is -3.00. The highest BCUT2D eigenvalue weighted by atomic mass is 32.2. The van der Waals surface area contributed by atoms with Crippen LogP contribution in [0.5, 0.6) is 0 Å². The van der Waals surface area contributed by atoms with Gasteiger partial charge in [-0.2, -0.15) is 4.52 Å². The number of fused-ring (bicyclic) bond motifs is 3. The molecule has 2 aromatic carbocycles. The Labute approximate surface area is 158 Å². The quantitative estimate of drug-likeness (QED) is 0.429. The summed E-state index contributed by atoms with van der Waals surface area (Å²) in [5.41, 5.74) is 1.63. The van der Waals surface area contributed by atoms with Gasteiger partial charge in [-0.1, -0.05) is 36.0 Å². The molecule has 4 rings (SSSR count). The molecule has 2 aromatic heterocycles. The molecule has 8 heteroatoms. The highest BCUT2D eigenvalue weighted by Crippen LogP contribution is 2.27. The third-order valence-corrected chi connectivity index (χ3v) is 5.08. The maximum Gasteiger partial charge on any atom is 0.237 e. The monoisotopic (exact) mass is 381 g/mol. The maximum absolute atomic E-state index is 13.8. The first kappa shape index (κ1) is 17.4. The van der Waals surface area contributed by atoms with Crippen LogP contribution in [0.4, 0.5) is 10.1 Å². The zero-order valence-corrected chi connectivity index (χ0v) is 15.5. The summed E-state index contributed by atoms with van der Waals surface area (Å²) < 4.78 is 15.4. The molecule has 0 aliphatic rings. The van der Waals surface area contributed by atoms with E-state index in [2.05, 4.69) is 20.4 Å². The number of amides is 1. The normalized spacial score (nSPS) is 12.4. The van der Waals surface area contributed by atoms with Crippen LogP contribution in [-0.2, 0) is 4.79 Å². The molecule has 0 spiro atoms. The van der Waals surface area contributed by atoms with E-state index in [0.29, 0.717) is 16.6 Å². The minimum atomic E-state index is -0.508. The van der Waals surface area contributed by atoms with Gasteiger partial charge >= 0.3 is 0 Å². The van der Waals surface area contributed by atoms with E-state index in [1.165, 1.54) is 23.9 Å². The number of hydrogen-bond acceptors (Lipinski definition) is 5. The molecule has 0 saturated heterocycles. The largest absolute Gasteiger partial charge is 0.323 e. The van der Waals surface area contributed by atoms with Crippen molar-refractivity contribution in [2.75, 3.05) is 5.32 Å². The summed E-state index contributed by atoms with van der Waals surface area (Å²) in [6.45, 7) is 3.55. The number of carbonyl (C=O) groups is 1. The second kappa shape index (κ2) is 6.96. The van der Waals surface area contributed by atoms with Gasteiger partial charge in [0.15, 0.2) is 10.8 Å². The van der Waals surface area contributed by atoms with Crippen LogP contribution in [0, 0.1) is 12.7 Å². The van der Waals surface area contributed by atoms with Crippen molar-refractivity contribution in [2.45, 2.75) is 24.3 Å². The van der Waals surface area contributed by atoms with Crippen LogP contribution in [0.15, 0.2) is 53.7 Å². The van der Waals surface area contributed by atoms with E-state index < -0.39 is 11.1 Å². The number of hydrogen-bond donors (Lipinski definition) is 1. The van der Waals surface area contributed by atoms with Gasteiger partial charge in [0.1, 0.15) is 11.6 Å². The molecule has 0 bridgehead atoms. The van der Waals surface area contributed by atoms with E-state index in [9.17, 15) is 9.18 Å². The number of halogens is 1. The molecular weight excluding hydrogens is 365 g/mol. The number of para-hydroxylation sites is 2. The number of aromatic nitrogens is 4. The molecule has 0 radical (unpaired) electrons. The maximum atomic E-state index is 13.8. The van der Waals surface area contributed by atoms with Crippen molar-refractivity contribution in [1.29, 1.82) is 0 Å². The Balaban J connectivity index is 1.66. The lowest BCUT2D eigenvalue weighted by Crippen LogP contribution is -2.23. The number of rotatable bonds is 4. The van der Waals surface area contributed by atoms with Crippen molar-refractivity contribution in [3.05, 3.63) is 60.2 Å². The molecule has 1 atom stereocenters. The van der Waals surface area contributed by atoms with Gasteiger partial charge in [-0.3, -0.25) is 4.79 Å². The van der Waals surface area contributed by atoms with Crippen LogP contribution >= 0.6 is 11.8 Å². The number of carbonyl (C=O) groups excluding carboxylic acids is 1. The Morgan fingerprint density at radius 1 is 1.15 bits per heavy atom. The van der Waals surface area contributed by atoms with Crippen molar-refractivity contribution in [3.63, 3.8) is 0 Å². The summed E-state index contributed by atoms with van der Waals surface area (Å²) in [5.74, 6) is -0.162. The molecule has 2 heterocycles. The van der Waals surface area contributed by atoms with E-state index in [1.807, 2.05) is 31.2 Å². The van der Waals surface area contributed by atoms with Crippen LogP contribution in [-0.4, -0.2) is 30.7 Å². The lowest BCUT2D eigenvalue weighted by Gasteiger charge is -2.13. The average molecular weight is 381 g/mol. The average Bonchev–Trinajstić information content (AvgIpc) is 3.05. The van der Waals surface area contributed by atoms with Gasteiger partial charge in [0.2, 0.25) is 5.91 Å². The Morgan fingerprint density at radius 2 is 1.89 bits per heavy atom. The second-order valence-corrected chi connectivity index (χ2v) is 7.34. The van der Waals surface area contributed by atoms with E-state index >= 15 is 0 Å². The minimum absolute atomic E-state index is 0.156. The fraction of sp³-hybridized carbons (Fsp3) is 0.158. The van der Waals surface area contributed by atoms with E-state index in [1.54, 1.807) is 23.6 Å². The van der Waals surface area contributed by atoms with Gasteiger partial charge in [-0.05, 0) is 38.1 Å². The second-order valence-electron chi connectivity index (χ2n) is 6.04. The van der Waals surface area contributed by atoms with Crippen molar-refractivity contribution in [2.24, 2.45) is 0 Å². The molecule has 6 nitrogen and oxygen atoms in total. The summed E-state index contributed by atoms with van der Waals surface area (Å²) in [4.78, 5) is 21.6. The number of nitrogens with zero attached hydrogens (tertiary/aromatic N) is 4. The SMILES string of the molecule is Cc1nc2c3ccccc3nc(SC(C)C(=O)Nc3ccccc3F)n2n1. The Morgan fingerprint density at radius 3 is 2.70 bits per heavy atom. The lowest BCUT2D eigenvalue weighted by atomic mass is 10.2. The van der Waals surface area contributed by atoms with Crippen molar-refractivity contribution in [1.82, 2.24) is 19.6 Å². The molecule has 0 aliphatic carbocycles. The Bertz CT molecular complexity index is 1160. The zero-order chi connectivity index (χ0) is 19.0. The molecule has 0 fully saturated rings. The first-order chi connectivity index (χ1) is 13.0. The van der Waals surface area contributed by atoms with Gasteiger partial charge in [0.25, 0.3) is 0 Å². The van der Waals surface area contributed by atoms with Gasteiger partial charge in [0.05, 0.1) is 16.5 Å². The number of nitrogens with one attached hydrogen (secondary N) is 1. The molecule has 4 aromatic rings. The van der Waals surface area contributed by atoms with Crippen molar-refractivity contribution >= 4 is 39.9 Å². The first-order valence-corrected chi connectivity index (χ1v) is 9.25. The van der Waals surface area contributed by atoms with Gasteiger partial charge in [-0.25, -0.2) is 14.4 Å². The Kier molecular flexibility index (Phi) is 4.49. The predicted molar refractivity (Wildman–Crippen MR) is 103 cm³/mol. The van der Waals surface area contributed by atoms with Gasteiger partial charge in [-0.15, -0.1) is 5.10 Å². The van der Waals surface area contributed by atoms with Crippen LogP contribution in [0.3, 0.4) is 0 Å². The summed E-state index contributed by atoms with van der Waals surface area (Å²) in [6.07, 6.45) is 0. The standard InChI is InChI=1S/C19H16FN5OS/c1-11(18(26)22-16-10-6-4-8-14(16)20)27-19-23-15-9-5-3-7-13(15)17-21-12(2)24-25(17)19/h3-11H,1-2H3,(H,22,26). The fourth-order valence-electron chi connectivity index (χ4n) is 2.72. The van der Waals surface area contributed by atoms with Gasteiger partial charge in [0, 0.05) is 5.39 Å². The number of aryl methyl sites for hydroxylation is 1. The minimum Gasteiger partial charge on any atom is -0.323 e. The van der Waals surface area contributed by atoms with Crippen LogP contribution in [0.25, 0.3) is 16.6 Å². The van der Waals surface area contributed by atoms with E-state index in [-0.39, 0.29) is 11.6 Å². The smallest absolute Gasteiger partial charge is 0.237 e. The summed E-state index contributed by atoms with van der Waals surface area (Å²) in [7, 11) is 0.